The molecular weight excluding hydrogens is 224 g/mol. The molecule has 6 nitrogen and oxygen atoms in total. The van der Waals surface area contributed by atoms with Crippen LogP contribution in [-0.2, 0) is 9.53 Å². The zero-order valence-electron chi connectivity index (χ0n) is 11.1. The summed E-state index contributed by atoms with van der Waals surface area (Å²) in [5, 5.41) is 8.79. The van der Waals surface area contributed by atoms with Gasteiger partial charge in [-0.1, -0.05) is 0 Å². The summed E-state index contributed by atoms with van der Waals surface area (Å²) >= 11 is 0. The first kappa shape index (κ1) is 15.7. The first-order chi connectivity index (χ1) is 7.77. The number of carboxylic acid groups (broad SMARTS) is 1. The third-order valence-electron chi connectivity index (χ3n) is 2.44. The molecule has 100 valence electrons. The van der Waals surface area contributed by atoms with Gasteiger partial charge in [0.1, 0.15) is 6.04 Å². The van der Waals surface area contributed by atoms with Crippen LogP contribution in [-0.4, -0.2) is 66.3 Å². The molecule has 6 heteroatoms. The van der Waals surface area contributed by atoms with Crippen LogP contribution in [0, 0.1) is 0 Å². The van der Waals surface area contributed by atoms with Crippen molar-refractivity contribution in [3.05, 3.63) is 0 Å². The van der Waals surface area contributed by atoms with Gasteiger partial charge in [-0.3, -0.25) is 0 Å². The van der Waals surface area contributed by atoms with Crippen molar-refractivity contribution in [2.24, 2.45) is 0 Å². The van der Waals surface area contributed by atoms with Crippen LogP contribution < -0.4 is 0 Å². The number of hydrogen-bond donors (Lipinski definition) is 1. The van der Waals surface area contributed by atoms with E-state index in [1.807, 2.05) is 13.8 Å². The van der Waals surface area contributed by atoms with E-state index in [9.17, 15) is 9.59 Å². The predicted molar refractivity (Wildman–Crippen MR) is 64.0 cm³/mol. The lowest BCUT2D eigenvalue weighted by Crippen LogP contribution is -2.47. The van der Waals surface area contributed by atoms with Gasteiger partial charge in [0.2, 0.25) is 0 Å². The van der Waals surface area contributed by atoms with Gasteiger partial charge >= 0.3 is 12.0 Å². The second-order valence-electron chi connectivity index (χ2n) is 4.25. The maximum Gasteiger partial charge on any atom is 0.326 e. The van der Waals surface area contributed by atoms with Crippen molar-refractivity contribution in [2.45, 2.75) is 32.9 Å². The number of aliphatic carboxylic acids is 1. The van der Waals surface area contributed by atoms with Gasteiger partial charge in [-0.15, -0.1) is 0 Å². The fourth-order valence-corrected chi connectivity index (χ4v) is 1.12. The minimum atomic E-state index is -1.02. The number of nitrogens with zero attached hydrogens (tertiary/aromatic N) is 2. The van der Waals surface area contributed by atoms with Crippen LogP contribution in [0.3, 0.4) is 0 Å². The highest BCUT2D eigenvalue weighted by Gasteiger charge is 2.23. The number of carboxylic acids is 1. The molecule has 0 aromatic carbocycles. The number of rotatable bonds is 6. The summed E-state index contributed by atoms with van der Waals surface area (Å²) in [6.07, 6.45) is 0.120. The van der Waals surface area contributed by atoms with E-state index in [1.54, 1.807) is 7.05 Å². The standard InChI is InChI=1S/C11H22N2O4/c1-8(2)17-7-6-12(4)11(16)13(5)9(3)10(14)15/h8-9H,6-7H2,1-5H3,(H,14,15). The third kappa shape index (κ3) is 5.53. The minimum Gasteiger partial charge on any atom is -0.480 e. The zero-order chi connectivity index (χ0) is 13.6. The Morgan fingerprint density at radius 1 is 1.24 bits per heavy atom. The van der Waals surface area contributed by atoms with E-state index in [1.165, 1.54) is 23.8 Å². The van der Waals surface area contributed by atoms with Crippen LogP contribution in [0.4, 0.5) is 4.79 Å². The molecule has 2 amide bonds. The average Bonchev–Trinajstić information content (AvgIpc) is 2.25. The molecule has 0 saturated carbocycles. The molecule has 0 aliphatic rings. The molecule has 1 unspecified atom stereocenters. The van der Waals surface area contributed by atoms with Crippen molar-refractivity contribution in [1.82, 2.24) is 9.80 Å². The lowest BCUT2D eigenvalue weighted by Gasteiger charge is -2.27. The van der Waals surface area contributed by atoms with Crippen LogP contribution in [0.15, 0.2) is 0 Å². The summed E-state index contributed by atoms with van der Waals surface area (Å²) in [5.74, 6) is -1.02. The van der Waals surface area contributed by atoms with Crippen molar-refractivity contribution in [3.8, 4) is 0 Å². The predicted octanol–water partition coefficient (Wildman–Crippen LogP) is 0.868. The number of hydrogen-bond acceptors (Lipinski definition) is 3. The number of likely N-dealkylation sites (N-methyl/N-ethyl adjacent to an activating group) is 2. The summed E-state index contributed by atoms with van der Waals surface area (Å²) < 4.78 is 5.32. The van der Waals surface area contributed by atoms with Crippen molar-refractivity contribution < 1.29 is 19.4 Å². The minimum absolute atomic E-state index is 0.120. The molecule has 1 atom stereocenters. The van der Waals surface area contributed by atoms with Crippen LogP contribution in [0.1, 0.15) is 20.8 Å². The normalized spacial score (nSPS) is 12.4. The number of urea groups is 1. The Kier molecular flexibility index (Phi) is 6.57. The second-order valence-corrected chi connectivity index (χ2v) is 4.25. The molecule has 17 heavy (non-hydrogen) atoms. The highest BCUT2D eigenvalue weighted by atomic mass is 16.5. The van der Waals surface area contributed by atoms with Crippen LogP contribution in [0.5, 0.6) is 0 Å². The molecule has 1 N–H and O–H groups in total. The van der Waals surface area contributed by atoms with Crippen LogP contribution in [0.25, 0.3) is 0 Å². The monoisotopic (exact) mass is 246 g/mol. The molecule has 0 heterocycles. The quantitative estimate of drug-likeness (QED) is 0.755. The molecular formula is C11H22N2O4. The molecule has 0 bridgehead atoms. The summed E-state index contributed by atoms with van der Waals surface area (Å²) in [4.78, 5) is 25.2. The first-order valence-corrected chi connectivity index (χ1v) is 5.59. The van der Waals surface area contributed by atoms with E-state index in [-0.39, 0.29) is 12.1 Å². The van der Waals surface area contributed by atoms with Gasteiger partial charge in [0.05, 0.1) is 12.7 Å². The van der Waals surface area contributed by atoms with Gasteiger partial charge in [-0.05, 0) is 20.8 Å². The molecule has 0 rings (SSSR count). The third-order valence-corrected chi connectivity index (χ3v) is 2.44. The fraction of sp³-hybridized carbons (Fsp3) is 0.818. The summed E-state index contributed by atoms with van der Waals surface area (Å²) in [7, 11) is 3.10. The highest BCUT2D eigenvalue weighted by Crippen LogP contribution is 2.01. The van der Waals surface area contributed by atoms with E-state index < -0.39 is 12.0 Å². The Hall–Kier alpha value is -1.30. The molecule has 0 saturated heterocycles. The van der Waals surface area contributed by atoms with E-state index in [4.69, 9.17) is 9.84 Å². The Morgan fingerprint density at radius 2 is 1.76 bits per heavy atom. The molecule has 0 aromatic rings. The highest BCUT2D eigenvalue weighted by molar-refractivity contribution is 5.82. The van der Waals surface area contributed by atoms with E-state index in [0.717, 1.165) is 0 Å². The van der Waals surface area contributed by atoms with Gasteiger partial charge < -0.3 is 19.6 Å². The number of amides is 2. The molecule has 0 aliphatic heterocycles. The fourth-order valence-electron chi connectivity index (χ4n) is 1.12. The molecule has 0 fully saturated rings. The van der Waals surface area contributed by atoms with E-state index >= 15 is 0 Å². The Bertz CT molecular complexity index is 268. The smallest absolute Gasteiger partial charge is 0.326 e. The van der Waals surface area contributed by atoms with Crippen molar-refractivity contribution in [2.75, 3.05) is 27.2 Å². The number of ether oxygens (including phenoxy) is 1. The molecule has 0 aliphatic carbocycles. The number of carbonyl (C=O) groups is 2. The topological polar surface area (TPSA) is 70.1 Å². The Morgan fingerprint density at radius 3 is 2.18 bits per heavy atom. The zero-order valence-corrected chi connectivity index (χ0v) is 11.1. The number of carbonyl (C=O) groups excluding carboxylic acids is 1. The van der Waals surface area contributed by atoms with Gasteiger partial charge in [-0.2, -0.15) is 0 Å². The maximum absolute atomic E-state index is 11.8. The van der Waals surface area contributed by atoms with Crippen molar-refractivity contribution >= 4 is 12.0 Å². The SMILES string of the molecule is CC(C)OCCN(C)C(=O)N(C)C(C)C(=O)O. The van der Waals surface area contributed by atoms with Crippen molar-refractivity contribution in [3.63, 3.8) is 0 Å². The van der Waals surface area contributed by atoms with E-state index in [2.05, 4.69) is 0 Å². The van der Waals surface area contributed by atoms with Gasteiger partial charge in [-0.25, -0.2) is 9.59 Å². The Balaban J connectivity index is 4.16. The van der Waals surface area contributed by atoms with E-state index in [0.29, 0.717) is 13.2 Å². The van der Waals surface area contributed by atoms with Crippen LogP contribution in [0.2, 0.25) is 0 Å². The van der Waals surface area contributed by atoms with Crippen molar-refractivity contribution in [1.29, 1.82) is 0 Å². The summed E-state index contributed by atoms with van der Waals surface area (Å²) in [5.41, 5.74) is 0. The maximum atomic E-state index is 11.8. The van der Waals surface area contributed by atoms with Gasteiger partial charge in [0.15, 0.2) is 0 Å². The largest absolute Gasteiger partial charge is 0.480 e. The summed E-state index contributed by atoms with van der Waals surface area (Å²) in [6.45, 7) is 6.18. The molecule has 0 radical (unpaired) electrons. The second kappa shape index (κ2) is 7.11. The van der Waals surface area contributed by atoms with Crippen LogP contribution >= 0.6 is 0 Å². The Labute approximate surface area is 102 Å². The lowest BCUT2D eigenvalue weighted by atomic mass is 10.3. The van der Waals surface area contributed by atoms with Gasteiger partial charge in [0.25, 0.3) is 0 Å². The summed E-state index contributed by atoms with van der Waals surface area (Å²) in [6, 6.07) is -1.16. The lowest BCUT2D eigenvalue weighted by molar-refractivity contribution is -0.141. The molecule has 0 spiro atoms. The average molecular weight is 246 g/mol. The molecule has 0 aromatic heterocycles. The first-order valence-electron chi connectivity index (χ1n) is 5.59. The van der Waals surface area contributed by atoms with Gasteiger partial charge in [0, 0.05) is 20.6 Å².